The molecule has 220 valence electrons. The van der Waals surface area contributed by atoms with E-state index < -0.39 is 22.8 Å². The SMILES string of the molecule is COc1cc(C2CN(c3cc4c(ncc5c4c(=O)c(C(=O)O)cn5C)c(F)c3Cl)CCN2)ccc1OCc1ccccc1. The van der Waals surface area contributed by atoms with Gasteiger partial charge in [-0.1, -0.05) is 48.0 Å². The molecule has 11 heteroatoms. The van der Waals surface area contributed by atoms with Crippen LogP contribution in [0.3, 0.4) is 0 Å². The number of ether oxygens (including phenoxy) is 2. The summed E-state index contributed by atoms with van der Waals surface area (Å²) < 4.78 is 28.8. The van der Waals surface area contributed by atoms with Gasteiger partial charge in [0.25, 0.3) is 0 Å². The van der Waals surface area contributed by atoms with Gasteiger partial charge in [0, 0.05) is 44.3 Å². The number of methoxy groups -OCH3 is 1. The third-order valence-electron chi connectivity index (χ3n) is 7.75. The van der Waals surface area contributed by atoms with Crippen LogP contribution in [0.2, 0.25) is 5.02 Å². The van der Waals surface area contributed by atoms with Crippen LogP contribution in [0.25, 0.3) is 21.8 Å². The van der Waals surface area contributed by atoms with Gasteiger partial charge < -0.3 is 29.4 Å². The van der Waals surface area contributed by atoms with Crippen molar-refractivity contribution >= 4 is 45.1 Å². The standard InChI is InChI=1S/C32H28ClFN4O5/c1-37-15-21(32(40)41)31(39)27-20-13-23(28(33)29(34)30(20)36-14-24(27)37)38-11-10-35-22(16-38)19-8-9-25(26(12-19)42-2)43-17-18-6-4-3-5-7-18/h3-9,12-15,22,35H,10-11,16-17H2,1-2H3,(H,40,41). The number of halogens is 2. The van der Waals surface area contributed by atoms with Gasteiger partial charge in [-0.25, -0.2) is 9.18 Å². The second-order valence-corrected chi connectivity index (χ2v) is 10.7. The molecule has 0 spiro atoms. The summed E-state index contributed by atoms with van der Waals surface area (Å²) in [6.45, 7) is 1.94. The minimum absolute atomic E-state index is 0.0757. The quantitative estimate of drug-likeness (QED) is 0.241. The van der Waals surface area contributed by atoms with Crippen molar-refractivity contribution in [1.82, 2.24) is 14.9 Å². The fraction of sp³-hybridized carbons (Fsp3) is 0.219. The number of hydrogen-bond acceptors (Lipinski definition) is 7. The van der Waals surface area contributed by atoms with E-state index in [0.29, 0.717) is 48.9 Å². The van der Waals surface area contributed by atoms with Gasteiger partial charge >= 0.3 is 5.97 Å². The molecule has 1 fully saturated rings. The maximum absolute atomic E-state index is 15.7. The van der Waals surface area contributed by atoms with Crippen molar-refractivity contribution in [1.29, 1.82) is 0 Å². The van der Waals surface area contributed by atoms with Crippen LogP contribution in [0.5, 0.6) is 11.5 Å². The number of carboxylic acid groups (broad SMARTS) is 1. The number of aromatic carboxylic acids is 1. The Kier molecular flexibility index (Phi) is 7.64. The molecule has 1 aliphatic heterocycles. The van der Waals surface area contributed by atoms with Gasteiger partial charge in [0.15, 0.2) is 17.3 Å². The first-order chi connectivity index (χ1) is 20.8. The molecular formula is C32H28ClFN4O5. The van der Waals surface area contributed by atoms with Crippen LogP contribution >= 0.6 is 11.6 Å². The normalized spacial score (nSPS) is 15.2. The van der Waals surface area contributed by atoms with E-state index in [1.54, 1.807) is 20.2 Å². The maximum Gasteiger partial charge on any atom is 0.341 e. The Morgan fingerprint density at radius 1 is 1.19 bits per heavy atom. The van der Waals surface area contributed by atoms with E-state index in [1.165, 1.54) is 17.0 Å². The molecule has 1 unspecified atom stereocenters. The first kappa shape index (κ1) is 28.4. The van der Waals surface area contributed by atoms with Gasteiger partial charge in [-0.2, -0.15) is 0 Å². The molecule has 43 heavy (non-hydrogen) atoms. The number of anilines is 1. The Balaban J connectivity index is 1.35. The first-order valence-corrected chi connectivity index (χ1v) is 14.0. The Morgan fingerprint density at radius 2 is 1.98 bits per heavy atom. The summed E-state index contributed by atoms with van der Waals surface area (Å²) >= 11 is 6.57. The number of pyridine rings is 2. The molecule has 2 N–H and O–H groups in total. The Morgan fingerprint density at radius 3 is 2.72 bits per heavy atom. The highest BCUT2D eigenvalue weighted by Crippen LogP contribution is 2.38. The molecule has 0 radical (unpaired) electrons. The van der Waals surface area contributed by atoms with E-state index in [0.717, 1.165) is 11.1 Å². The molecule has 2 aromatic heterocycles. The predicted octanol–water partition coefficient (Wildman–Crippen LogP) is 5.32. The molecule has 1 atom stereocenters. The van der Waals surface area contributed by atoms with Crippen LogP contribution in [0.15, 0.2) is 71.8 Å². The Bertz CT molecular complexity index is 1930. The zero-order chi connectivity index (χ0) is 30.2. The molecule has 9 nitrogen and oxygen atoms in total. The number of aromatic nitrogens is 2. The van der Waals surface area contributed by atoms with Gasteiger partial charge in [-0.15, -0.1) is 0 Å². The largest absolute Gasteiger partial charge is 0.493 e. The van der Waals surface area contributed by atoms with Crippen LogP contribution < -0.4 is 25.1 Å². The van der Waals surface area contributed by atoms with Gasteiger partial charge in [0.1, 0.15) is 22.7 Å². The van der Waals surface area contributed by atoms with Crippen molar-refractivity contribution in [3.8, 4) is 11.5 Å². The number of carbonyl (C=O) groups is 1. The summed E-state index contributed by atoms with van der Waals surface area (Å²) in [7, 11) is 3.20. The van der Waals surface area contributed by atoms with Crippen LogP contribution in [-0.2, 0) is 13.7 Å². The Labute approximate surface area is 251 Å². The van der Waals surface area contributed by atoms with E-state index in [9.17, 15) is 14.7 Å². The smallest absolute Gasteiger partial charge is 0.341 e. The molecule has 5 aromatic rings. The van der Waals surface area contributed by atoms with E-state index in [-0.39, 0.29) is 27.4 Å². The molecule has 0 aliphatic carbocycles. The fourth-order valence-electron chi connectivity index (χ4n) is 5.54. The monoisotopic (exact) mass is 602 g/mol. The molecule has 0 bridgehead atoms. The number of nitrogens with zero attached hydrogens (tertiary/aromatic N) is 3. The molecular weight excluding hydrogens is 575 g/mol. The first-order valence-electron chi connectivity index (χ1n) is 13.6. The zero-order valence-electron chi connectivity index (χ0n) is 23.4. The number of piperazine rings is 1. The predicted molar refractivity (Wildman–Crippen MR) is 163 cm³/mol. The van der Waals surface area contributed by atoms with E-state index in [4.69, 9.17) is 21.1 Å². The van der Waals surface area contributed by atoms with Gasteiger partial charge in [0.2, 0.25) is 5.43 Å². The number of carboxylic acids is 1. The third-order valence-corrected chi connectivity index (χ3v) is 8.11. The van der Waals surface area contributed by atoms with Crippen LogP contribution in [0.4, 0.5) is 10.1 Å². The number of aryl methyl sites for hydroxylation is 1. The number of fused-ring (bicyclic) bond motifs is 3. The highest BCUT2D eigenvalue weighted by Gasteiger charge is 2.27. The van der Waals surface area contributed by atoms with Crippen molar-refractivity contribution in [3.05, 3.63) is 105 Å². The van der Waals surface area contributed by atoms with Crippen molar-refractivity contribution in [2.24, 2.45) is 7.05 Å². The lowest BCUT2D eigenvalue weighted by atomic mass is 10.0. The third kappa shape index (κ3) is 5.24. The Hall–Kier alpha value is -4.67. The van der Waals surface area contributed by atoms with E-state index >= 15 is 4.39 Å². The molecule has 1 saturated heterocycles. The van der Waals surface area contributed by atoms with Crippen LogP contribution in [0.1, 0.15) is 27.5 Å². The van der Waals surface area contributed by atoms with Gasteiger partial charge in [0.05, 0.1) is 29.9 Å². The number of rotatable bonds is 7. The minimum atomic E-state index is -1.36. The van der Waals surface area contributed by atoms with Crippen molar-refractivity contribution in [3.63, 3.8) is 0 Å². The summed E-state index contributed by atoms with van der Waals surface area (Å²) in [5.74, 6) is -0.927. The lowest BCUT2D eigenvalue weighted by Gasteiger charge is -2.36. The van der Waals surface area contributed by atoms with E-state index in [2.05, 4.69) is 10.3 Å². The molecule has 1 aliphatic rings. The highest BCUT2D eigenvalue weighted by atomic mass is 35.5. The van der Waals surface area contributed by atoms with Crippen molar-refractivity contribution < 1.29 is 23.8 Å². The lowest BCUT2D eigenvalue weighted by Crippen LogP contribution is -2.46. The molecule has 3 heterocycles. The number of benzene rings is 3. The number of nitrogens with one attached hydrogen (secondary N) is 1. The van der Waals surface area contributed by atoms with Gasteiger partial charge in [-0.05, 0) is 29.3 Å². The summed E-state index contributed by atoms with van der Waals surface area (Å²) in [4.78, 5) is 31.2. The topological polar surface area (TPSA) is 106 Å². The zero-order valence-corrected chi connectivity index (χ0v) is 24.2. The summed E-state index contributed by atoms with van der Waals surface area (Å²) in [5.41, 5.74) is 1.55. The molecule has 0 amide bonds. The highest BCUT2D eigenvalue weighted by molar-refractivity contribution is 6.34. The van der Waals surface area contributed by atoms with Crippen molar-refractivity contribution in [2.75, 3.05) is 31.6 Å². The van der Waals surface area contributed by atoms with Gasteiger partial charge in [-0.3, -0.25) is 9.78 Å². The summed E-state index contributed by atoms with van der Waals surface area (Å²) in [6, 6.07) is 17.1. The van der Waals surface area contributed by atoms with E-state index in [1.807, 2.05) is 53.4 Å². The summed E-state index contributed by atoms with van der Waals surface area (Å²) in [6.07, 6.45) is 2.59. The maximum atomic E-state index is 15.7. The molecule has 6 rings (SSSR count). The average Bonchev–Trinajstić information content (AvgIpc) is 3.03. The minimum Gasteiger partial charge on any atom is -0.493 e. The molecule has 0 saturated carbocycles. The lowest BCUT2D eigenvalue weighted by molar-refractivity contribution is 0.0695. The molecule has 3 aromatic carbocycles. The summed E-state index contributed by atoms with van der Waals surface area (Å²) in [5, 5.41) is 13.3. The van der Waals surface area contributed by atoms with Crippen LogP contribution in [0, 0.1) is 5.82 Å². The number of hydrogen-bond donors (Lipinski definition) is 2. The second-order valence-electron chi connectivity index (χ2n) is 10.4. The van der Waals surface area contributed by atoms with Crippen molar-refractivity contribution in [2.45, 2.75) is 12.6 Å². The average molecular weight is 603 g/mol. The van der Waals surface area contributed by atoms with Crippen LogP contribution in [-0.4, -0.2) is 47.4 Å². The fourth-order valence-corrected chi connectivity index (χ4v) is 5.80. The second kappa shape index (κ2) is 11.5.